The number of aryl methyl sites for hydroxylation is 1. The Morgan fingerprint density at radius 2 is 1.87 bits per heavy atom. The van der Waals surface area contributed by atoms with E-state index in [9.17, 15) is 14.4 Å². The van der Waals surface area contributed by atoms with Crippen molar-refractivity contribution in [2.45, 2.75) is 6.42 Å². The first-order valence-corrected chi connectivity index (χ1v) is 10.2. The largest absolute Gasteiger partial charge is 0.331 e. The molecule has 1 atom stereocenters. The highest BCUT2D eigenvalue weighted by Crippen LogP contribution is 2.31. The minimum Gasteiger partial charge on any atom is -0.331 e. The summed E-state index contributed by atoms with van der Waals surface area (Å²) in [5, 5.41) is 2.84. The number of hydrogen-bond donors (Lipinski definition) is 1. The molecule has 1 N–H and O–H groups in total. The summed E-state index contributed by atoms with van der Waals surface area (Å²) in [6.07, 6.45) is 3.44. The van der Waals surface area contributed by atoms with Gasteiger partial charge in [0, 0.05) is 48.1 Å². The van der Waals surface area contributed by atoms with Crippen molar-refractivity contribution in [3.63, 3.8) is 0 Å². The highest BCUT2D eigenvalue weighted by molar-refractivity contribution is 9.10. The number of nitrogens with zero attached hydrogens (tertiary/aromatic N) is 3. The summed E-state index contributed by atoms with van der Waals surface area (Å²) in [6, 6.07) is 14.1. The van der Waals surface area contributed by atoms with Crippen LogP contribution in [0.15, 0.2) is 65.4 Å². The van der Waals surface area contributed by atoms with Crippen LogP contribution in [0.1, 0.15) is 22.6 Å². The number of rotatable bonds is 5. The zero-order valence-corrected chi connectivity index (χ0v) is 17.8. The van der Waals surface area contributed by atoms with Gasteiger partial charge >= 0.3 is 0 Å². The first-order chi connectivity index (χ1) is 14.4. The number of amides is 2. The van der Waals surface area contributed by atoms with Gasteiger partial charge in [0.15, 0.2) is 5.82 Å². The van der Waals surface area contributed by atoms with Gasteiger partial charge < -0.3 is 14.8 Å². The standard InChI is InChI=1S/C22H19BrN4O3/c1-26-11-10-24-21(26)20(29)14-6-8-16(9-7-14)25-22(30)15-12-19(28)27(13-15)18-5-3-2-4-17(18)23/h2-11,15H,12-13H2,1H3,(H,25,30). The third-order valence-corrected chi connectivity index (χ3v) is 5.75. The Bertz CT molecular complexity index is 1120. The van der Waals surface area contributed by atoms with Gasteiger partial charge in [-0.2, -0.15) is 0 Å². The van der Waals surface area contributed by atoms with Crippen LogP contribution in [0, 0.1) is 5.92 Å². The van der Waals surface area contributed by atoms with Crippen LogP contribution < -0.4 is 10.2 Å². The molecule has 1 aliphatic rings. The van der Waals surface area contributed by atoms with Gasteiger partial charge in [-0.1, -0.05) is 12.1 Å². The molecule has 1 aliphatic heterocycles. The van der Waals surface area contributed by atoms with Gasteiger partial charge in [-0.3, -0.25) is 14.4 Å². The first kappa shape index (κ1) is 20.0. The maximum Gasteiger partial charge on any atom is 0.229 e. The van der Waals surface area contributed by atoms with Gasteiger partial charge in [0.1, 0.15) is 0 Å². The molecule has 0 radical (unpaired) electrons. The zero-order chi connectivity index (χ0) is 21.3. The molecule has 30 heavy (non-hydrogen) atoms. The highest BCUT2D eigenvalue weighted by Gasteiger charge is 2.35. The van der Waals surface area contributed by atoms with E-state index >= 15 is 0 Å². The molecule has 0 saturated carbocycles. The fraction of sp³-hybridized carbons (Fsp3) is 0.182. The van der Waals surface area contributed by atoms with Gasteiger partial charge in [0.2, 0.25) is 17.6 Å². The molecule has 4 rings (SSSR count). The highest BCUT2D eigenvalue weighted by atomic mass is 79.9. The fourth-order valence-corrected chi connectivity index (χ4v) is 3.95. The first-order valence-electron chi connectivity index (χ1n) is 9.42. The molecule has 152 valence electrons. The Morgan fingerprint density at radius 1 is 1.13 bits per heavy atom. The second-order valence-corrected chi connectivity index (χ2v) is 7.97. The van der Waals surface area contributed by atoms with E-state index in [1.54, 1.807) is 53.2 Å². The fourth-order valence-electron chi connectivity index (χ4n) is 3.45. The topological polar surface area (TPSA) is 84.3 Å². The molecule has 8 heteroatoms. The molecule has 0 bridgehead atoms. The van der Waals surface area contributed by atoms with Gasteiger partial charge in [-0.25, -0.2) is 4.98 Å². The second kappa shape index (κ2) is 8.23. The number of imidazole rings is 1. The lowest BCUT2D eigenvalue weighted by atomic mass is 10.1. The van der Waals surface area contributed by atoms with Crippen molar-refractivity contribution in [3.8, 4) is 0 Å². The number of para-hydroxylation sites is 1. The van der Waals surface area contributed by atoms with Gasteiger partial charge in [0.05, 0.1) is 11.6 Å². The molecule has 1 aromatic heterocycles. The molecule has 2 heterocycles. The lowest BCUT2D eigenvalue weighted by Crippen LogP contribution is -2.28. The van der Waals surface area contributed by atoms with E-state index in [1.807, 2.05) is 24.3 Å². The summed E-state index contributed by atoms with van der Waals surface area (Å²) in [4.78, 5) is 43.3. The molecule has 2 aromatic carbocycles. The maximum atomic E-state index is 12.7. The molecule has 1 saturated heterocycles. The van der Waals surface area contributed by atoms with Crippen LogP contribution in [-0.2, 0) is 16.6 Å². The Kier molecular flexibility index (Phi) is 5.50. The maximum absolute atomic E-state index is 12.7. The minimum absolute atomic E-state index is 0.0851. The van der Waals surface area contributed by atoms with E-state index in [0.717, 1.165) is 10.2 Å². The van der Waals surface area contributed by atoms with Crippen molar-refractivity contribution in [1.82, 2.24) is 9.55 Å². The van der Waals surface area contributed by atoms with Crippen LogP contribution in [0.2, 0.25) is 0 Å². The average molecular weight is 467 g/mol. The van der Waals surface area contributed by atoms with Crippen molar-refractivity contribution in [2.24, 2.45) is 13.0 Å². The predicted octanol–water partition coefficient (Wildman–Crippen LogP) is 3.41. The van der Waals surface area contributed by atoms with Crippen LogP contribution in [0.5, 0.6) is 0 Å². The van der Waals surface area contributed by atoms with Crippen LogP contribution >= 0.6 is 15.9 Å². The normalized spacial score (nSPS) is 16.0. The van der Waals surface area contributed by atoms with E-state index < -0.39 is 5.92 Å². The Hall–Kier alpha value is -3.26. The van der Waals surface area contributed by atoms with E-state index in [-0.39, 0.29) is 24.0 Å². The van der Waals surface area contributed by atoms with Crippen LogP contribution in [0.3, 0.4) is 0 Å². The van der Waals surface area contributed by atoms with E-state index in [2.05, 4.69) is 26.2 Å². The van der Waals surface area contributed by atoms with Gasteiger partial charge in [0.25, 0.3) is 0 Å². The number of halogens is 1. The van der Waals surface area contributed by atoms with Crippen molar-refractivity contribution < 1.29 is 14.4 Å². The molecule has 1 fully saturated rings. The Morgan fingerprint density at radius 3 is 2.53 bits per heavy atom. The number of carbonyl (C=O) groups excluding carboxylic acids is 3. The van der Waals surface area contributed by atoms with Crippen LogP contribution in [0.4, 0.5) is 11.4 Å². The Balaban J connectivity index is 1.42. The molecule has 2 amide bonds. The third-order valence-electron chi connectivity index (χ3n) is 5.08. The van der Waals surface area contributed by atoms with E-state index in [4.69, 9.17) is 0 Å². The smallest absolute Gasteiger partial charge is 0.229 e. The summed E-state index contributed by atoms with van der Waals surface area (Å²) >= 11 is 3.45. The van der Waals surface area contributed by atoms with Crippen LogP contribution in [-0.4, -0.2) is 33.7 Å². The average Bonchev–Trinajstić information content (AvgIpc) is 3.34. The monoisotopic (exact) mass is 466 g/mol. The van der Waals surface area contributed by atoms with Crippen LogP contribution in [0.25, 0.3) is 0 Å². The van der Waals surface area contributed by atoms with Crippen molar-refractivity contribution in [1.29, 1.82) is 0 Å². The number of benzene rings is 2. The molecule has 1 unspecified atom stereocenters. The van der Waals surface area contributed by atoms with E-state index in [1.165, 1.54) is 0 Å². The quantitative estimate of drug-likeness (QED) is 0.583. The number of ketones is 1. The number of hydrogen-bond acceptors (Lipinski definition) is 4. The summed E-state index contributed by atoms with van der Waals surface area (Å²) in [7, 11) is 1.76. The second-order valence-electron chi connectivity index (χ2n) is 7.11. The zero-order valence-electron chi connectivity index (χ0n) is 16.2. The number of nitrogens with one attached hydrogen (secondary N) is 1. The summed E-state index contributed by atoms with van der Waals surface area (Å²) in [6.45, 7) is 0.322. The number of aromatic nitrogens is 2. The Labute approximate surface area is 181 Å². The molecule has 7 nitrogen and oxygen atoms in total. The van der Waals surface area contributed by atoms with Gasteiger partial charge in [-0.15, -0.1) is 0 Å². The SMILES string of the molecule is Cn1ccnc1C(=O)c1ccc(NC(=O)C2CC(=O)N(c3ccccc3Br)C2)cc1. The summed E-state index contributed by atoms with van der Waals surface area (Å²) in [5.41, 5.74) is 1.82. The lowest BCUT2D eigenvalue weighted by molar-refractivity contribution is -0.122. The lowest BCUT2D eigenvalue weighted by Gasteiger charge is -2.18. The van der Waals surface area contributed by atoms with Crippen molar-refractivity contribution in [2.75, 3.05) is 16.8 Å². The van der Waals surface area contributed by atoms with Crippen molar-refractivity contribution >= 4 is 44.9 Å². The summed E-state index contributed by atoms with van der Waals surface area (Å²) < 4.78 is 2.47. The van der Waals surface area contributed by atoms with E-state index in [0.29, 0.717) is 23.6 Å². The molecule has 3 aromatic rings. The molecule has 0 spiro atoms. The van der Waals surface area contributed by atoms with Crippen molar-refractivity contribution in [3.05, 3.63) is 76.8 Å². The molecule has 0 aliphatic carbocycles. The third kappa shape index (κ3) is 3.91. The predicted molar refractivity (Wildman–Crippen MR) is 116 cm³/mol. The summed E-state index contributed by atoms with van der Waals surface area (Å²) in [5.74, 6) is -0.591. The molecular weight excluding hydrogens is 448 g/mol. The number of anilines is 2. The number of carbonyl (C=O) groups is 3. The van der Waals surface area contributed by atoms with Gasteiger partial charge in [-0.05, 0) is 52.3 Å². The molecular formula is C22H19BrN4O3. The minimum atomic E-state index is -0.446.